The number of carbonyl (C=O) groups is 1. The molecule has 2 aromatic carbocycles. The quantitative estimate of drug-likeness (QED) is 0.900. The summed E-state index contributed by atoms with van der Waals surface area (Å²) in [7, 11) is 2.11. The van der Waals surface area contributed by atoms with Crippen molar-refractivity contribution in [3.63, 3.8) is 0 Å². The minimum absolute atomic E-state index is 0.00288. The molecular weight excluding hydrogens is 324 g/mol. The van der Waals surface area contributed by atoms with E-state index in [0.717, 1.165) is 37.3 Å². The fourth-order valence-corrected chi connectivity index (χ4v) is 3.28. The summed E-state index contributed by atoms with van der Waals surface area (Å²) in [6, 6.07) is 19.1. The fourth-order valence-electron chi connectivity index (χ4n) is 3.28. The Balaban J connectivity index is 1.73. The summed E-state index contributed by atoms with van der Waals surface area (Å²) < 4.78 is 0. The highest BCUT2D eigenvalue weighted by Crippen LogP contribution is 2.22. The second-order valence-corrected chi connectivity index (χ2v) is 6.68. The highest BCUT2D eigenvalue weighted by molar-refractivity contribution is 5.83. The number of nitrogens with zero attached hydrogens (tertiary/aromatic N) is 3. The first kappa shape index (κ1) is 18.1. The highest BCUT2D eigenvalue weighted by Gasteiger charge is 2.29. The third-order valence-electron chi connectivity index (χ3n) is 4.79. The van der Waals surface area contributed by atoms with Crippen molar-refractivity contribution in [1.29, 1.82) is 5.26 Å². The molecule has 2 aromatic rings. The van der Waals surface area contributed by atoms with Gasteiger partial charge >= 0.3 is 0 Å². The van der Waals surface area contributed by atoms with Crippen LogP contribution >= 0.6 is 0 Å². The number of hydrogen-bond acceptors (Lipinski definition) is 4. The van der Waals surface area contributed by atoms with Crippen molar-refractivity contribution in [3.8, 4) is 6.07 Å². The molecule has 0 saturated carbocycles. The van der Waals surface area contributed by atoms with Crippen LogP contribution in [0.5, 0.6) is 0 Å². The van der Waals surface area contributed by atoms with Crippen LogP contribution in [0.2, 0.25) is 0 Å². The summed E-state index contributed by atoms with van der Waals surface area (Å²) in [6.45, 7) is 4.08. The predicted molar refractivity (Wildman–Crippen MR) is 101 cm³/mol. The summed E-state index contributed by atoms with van der Waals surface area (Å²) >= 11 is 0. The molecule has 0 radical (unpaired) electrons. The number of amides is 1. The SMILES string of the molecule is CN1CCN([C@@H](C(=O)NCc2cccc(C#N)c2)c2ccccc2)CC1. The summed E-state index contributed by atoms with van der Waals surface area (Å²) in [5.74, 6) is 0.00288. The van der Waals surface area contributed by atoms with E-state index in [1.807, 2.05) is 48.5 Å². The van der Waals surface area contributed by atoms with Gasteiger partial charge in [-0.25, -0.2) is 0 Å². The minimum atomic E-state index is -0.288. The molecule has 5 nitrogen and oxygen atoms in total. The number of likely N-dealkylation sites (N-methyl/N-ethyl adjacent to an activating group) is 1. The molecule has 1 atom stereocenters. The highest BCUT2D eigenvalue weighted by atomic mass is 16.2. The Bertz CT molecular complexity index is 776. The lowest BCUT2D eigenvalue weighted by Gasteiger charge is -2.37. The number of carbonyl (C=O) groups excluding carboxylic acids is 1. The lowest BCUT2D eigenvalue weighted by Crippen LogP contribution is -2.49. The summed E-state index contributed by atoms with van der Waals surface area (Å²) in [5.41, 5.74) is 2.55. The smallest absolute Gasteiger partial charge is 0.242 e. The zero-order valence-electron chi connectivity index (χ0n) is 15.1. The number of piperazine rings is 1. The van der Waals surface area contributed by atoms with E-state index < -0.39 is 0 Å². The molecular formula is C21H24N4O. The molecule has 1 aliphatic heterocycles. The minimum Gasteiger partial charge on any atom is -0.350 e. The fraction of sp³-hybridized carbons (Fsp3) is 0.333. The predicted octanol–water partition coefficient (Wildman–Crippen LogP) is 2.16. The van der Waals surface area contributed by atoms with Crippen LogP contribution in [0.4, 0.5) is 0 Å². The van der Waals surface area contributed by atoms with Crippen LogP contribution in [-0.2, 0) is 11.3 Å². The molecule has 0 aromatic heterocycles. The normalized spacial score (nSPS) is 16.6. The van der Waals surface area contributed by atoms with Crippen LogP contribution in [0.3, 0.4) is 0 Å². The molecule has 134 valence electrons. The molecule has 0 aliphatic carbocycles. The van der Waals surface area contributed by atoms with Crippen molar-refractivity contribution in [2.24, 2.45) is 0 Å². The molecule has 0 unspecified atom stereocenters. The molecule has 1 N–H and O–H groups in total. The second-order valence-electron chi connectivity index (χ2n) is 6.68. The second kappa shape index (κ2) is 8.61. The Morgan fingerprint density at radius 2 is 1.85 bits per heavy atom. The van der Waals surface area contributed by atoms with Gasteiger partial charge in [0.15, 0.2) is 0 Å². The van der Waals surface area contributed by atoms with E-state index in [4.69, 9.17) is 5.26 Å². The van der Waals surface area contributed by atoms with Gasteiger partial charge in [-0.3, -0.25) is 9.69 Å². The standard InChI is InChI=1S/C21H24N4O/c1-24-10-12-25(13-11-24)20(19-8-3-2-4-9-19)21(26)23-16-18-7-5-6-17(14-18)15-22/h2-9,14,20H,10-13,16H2,1H3,(H,23,26)/t20-/m1/s1. The number of benzene rings is 2. The van der Waals surface area contributed by atoms with Gasteiger partial charge in [0, 0.05) is 32.7 Å². The topological polar surface area (TPSA) is 59.4 Å². The van der Waals surface area contributed by atoms with Gasteiger partial charge in [0.05, 0.1) is 11.6 Å². The Morgan fingerprint density at radius 1 is 1.12 bits per heavy atom. The van der Waals surface area contributed by atoms with E-state index in [9.17, 15) is 4.79 Å². The van der Waals surface area contributed by atoms with Crippen LogP contribution in [0.15, 0.2) is 54.6 Å². The van der Waals surface area contributed by atoms with Crippen molar-refractivity contribution in [2.45, 2.75) is 12.6 Å². The monoisotopic (exact) mass is 348 g/mol. The van der Waals surface area contributed by atoms with Gasteiger partial charge in [-0.1, -0.05) is 42.5 Å². The molecule has 1 amide bonds. The first-order valence-corrected chi connectivity index (χ1v) is 8.91. The van der Waals surface area contributed by atoms with Gasteiger partial charge in [0.2, 0.25) is 5.91 Å². The van der Waals surface area contributed by atoms with Crippen LogP contribution in [0.25, 0.3) is 0 Å². The Labute approximate surface area is 154 Å². The van der Waals surface area contributed by atoms with Crippen LogP contribution in [-0.4, -0.2) is 48.9 Å². The van der Waals surface area contributed by atoms with E-state index in [-0.39, 0.29) is 11.9 Å². The third-order valence-corrected chi connectivity index (χ3v) is 4.79. The summed E-state index contributed by atoms with van der Waals surface area (Å²) in [5, 5.41) is 12.1. The van der Waals surface area contributed by atoms with Crippen LogP contribution < -0.4 is 5.32 Å². The van der Waals surface area contributed by atoms with Crippen molar-refractivity contribution in [1.82, 2.24) is 15.1 Å². The molecule has 1 saturated heterocycles. The van der Waals surface area contributed by atoms with Crippen LogP contribution in [0, 0.1) is 11.3 Å². The van der Waals surface area contributed by atoms with E-state index in [0.29, 0.717) is 12.1 Å². The molecule has 0 spiro atoms. The average molecular weight is 348 g/mol. The molecule has 3 rings (SSSR count). The zero-order valence-corrected chi connectivity index (χ0v) is 15.1. The Kier molecular flexibility index (Phi) is 6.00. The van der Waals surface area contributed by atoms with Crippen molar-refractivity contribution in [2.75, 3.05) is 33.2 Å². The lowest BCUT2D eigenvalue weighted by molar-refractivity contribution is -0.127. The molecule has 1 aliphatic rings. The number of nitriles is 1. The van der Waals surface area contributed by atoms with E-state index in [1.54, 1.807) is 6.07 Å². The van der Waals surface area contributed by atoms with Gasteiger partial charge in [-0.15, -0.1) is 0 Å². The summed E-state index contributed by atoms with van der Waals surface area (Å²) in [6.07, 6.45) is 0. The van der Waals surface area contributed by atoms with Gasteiger partial charge < -0.3 is 10.2 Å². The van der Waals surface area contributed by atoms with Gasteiger partial charge in [-0.2, -0.15) is 5.26 Å². The maximum atomic E-state index is 13.0. The molecule has 1 heterocycles. The Morgan fingerprint density at radius 3 is 2.54 bits per heavy atom. The molecule has 1 fully saturated rings. The lowest BCUT2D eigenvalue weighted by atomic mass is 10.0. The Hall–Kier alpha value is -2.68. The number of hydrogen-bond donors (Lipinski definition) is 1. The first-order valence-electron chi connectivity index (χ1n) is 8.91. The van der Waals surface area contributed by atoms with Crippen molar-refractivity contribution < 1.29 is 4.79 Å². The molecule has 0 bridgehead atoms. The molecule has 26 heavy (non-hydrogen) atoms. The maximum Gasteiger partial charge on any atom is 0.242 e. The largest absolute Gasteiger partial charge is 0.350 e. The van der Waals surface area contributed by atoms with Crippen LogP contribution in [0.1, 0.15) is 22.7 Å². The van der Waals surface area contributed by atoms with E-state index in [2.05, 4.69) is 28.2 Å². The van der Waals surface area contributed by atoms with Crippen molar-refractivity contribution in [3.05, 3.63) is 71.3 Å². The first-order chi connectivity index (χ1) is 12.7. The van der Waals surface area contributed by atoms with E-state index in [1.165, 1.54) is 0 Å². The van der Waals surface area contributed by atoms with Crippen molar-refractivity contribution >= 4 is 5.91 Å². The maximum absolute atomic E-state index is 13.0. The average Bonchev–Trinajstić information content (AvgIpc) is 2.69. The summed E-state index contributed by atoms with van der Waals surface area (Å²) in [4.78, 5) is 17.5. The number of rotatable bonds is 5. The molecule has 5 heteroatoms. The van der Waals surface area contributed by atoms with Gasteiger partial charge in [-0.05, 0) is 30.3 Å². The third kappa shape index (κ3) is 4.48. The zero-order chi connectivity index (χ0) is 18.4. The number of nitrogens with one attached hydrogen (secondary N) is 1. The van der Waals surface area contributed by atoms with Gasteiger partial charge in [0.25, 0.3) is 0 Å². The van der Waals surface area contributed by atoms with E-state index >= 15 is 0 Å². The van der Waals surface area contributed by atoms with Gasteiger partial charge in [0.1, 0.15) is 6.04 Å².